The summed E-state index contributed by atoms with van der Waals surface area (Å²) in [6.45, 7) is 5.46. The van der Waals surface area contributed by atoms with Crippen LogP contribution in [0.4, 0.5) is 0 Å². The smallest absolute Gasteiger partial charge is 0.306 e. The van der Waals surface area contributed by atoms with Crippen LogP contribution in [0.2, 0.25) is 0 Å². The second-order valence-corrected chi connectivity index (χ2v) is 21.4. The zero-order valence-electron chi connectivity index (χ0n) is 43.3. The molecular formula is C55H108NO7P. The number of esters is 1. The number of rotatable bonds is 52. The lowest BCUT2D eigenvalue weighted by Gasteiger charge is -2.28. The Morgan fingerprint density at radius 2 is 0.859 bits per heavy atom. The van der Waals surface area contributed by atoms with E-state index < -0.39 is 13.9 Å². The first-order valence-electron chi connectivity index (χ1n) is 27.6. The lowest BCUT2D eigenvalue weighted by Crippen LogP contribution is -2.37. The van der Waals surface area contributed by atoms with E-state index in [1.54, 1.807) is 0 Å². The van der Waals surface area contributed by atoms with Crippen LogP contribution >= 0.6 is 7.82 Å². The topological polar surface area (TPSA) is 94.1 Å². The van der Waals surface area contributed by atoms with Gasteiger partial charge in [0.05, 0.1) is 34.4 Å². The summed E-state index contributed by atoms with van der Waals surface area (Å²) in [6.07, 6.45) is 57.8. The number of carbonyl (C=O) groups is 1. The van der Waals surface area contributed by atoms with Gasteiger partial charge < -0.3 is 27.9 Å². The Kier molecular flexibility index (Phi) is 47.7. The number of ether oxygens (including phenoxy) is 2. The van der Waals surface area contributed by atoms with E-state index in [2.05, 4.69) is 38.2 Å². The Labute approximate surface area is 398 Å². The number of likely N-dealkylation sites (N-methyl/N-ethyl adjacent to an activating group) is 1. The van der Waals surface area contributed by atoms with Crippen LogP contribution in [0.3, 0.4) is 0 Å². The molecule has 0 saturated carbocycles. The van der Waals surface area contributed by atoms with Gasteiger partial charge in [-0.2, -0.15) is 0 Å². The van der Waals surface area contributed by atoms with Crippen LogP contribution in [0.15, 0.2) is 24.3 Å². The Bertz CT molecular complexity index is 1080. The Morgan fingerprint density at radius 3 is 1.27 bits per heavy atom. The highest BCUT2D eigenvalue weighted by molar-refractivity contribution is 7.45. The number of phosphoric acid groups is 1. The minimum atomic E-state index is -4.53. The summed E-state index contributed by atoms with van der Waals surface area (Å²) >= 11 is 0. The number of carbonyl (C=O) groups excluding carboxylic acids is 1. The van der Waals surface area contributed by atoms with E-state index in [0.29, 0.717) is 24.1 Å². The molecule has 9 heteroatoms. The van der Waals surface area contributed by atoms with Gasteiger partial charge in [-0.05, 0) is 44.9 Å². The molecule has 0 heterocycles. The van der Waals surface area contributed by atoms with Gasteiger partial charge in [-0.15, -0.1) is 0 Å². The van der Waals surface area contributed by atoms with Gasteiger partial charge in [0, 0.05) is 13.0 Å². The molecule has 0 aromatic carbocycles. The van der Waals surface area contributed by atoms with Gasteiger partial charge in [-0.1, -0.05) is 237 Å². The first kappa shape index (κ1) is 63.0. The first-order chi connectivity index (χ1) is 31.1. The summed E-state index contributed by atoms with van der Waals surface area (Å²) in [4.78, 5) is 25.2. The van der Waals surface area contributed by atoms with E-state index in [0.717, 1.165) is 38.5 Å². The number of quaternary nitrogens is 1. The lowest BCUT2D eigenvalue weighted by molar-refractivity contribution is -0.870. The number of hydrogen-bond donors (Lipinski definition) is 0. The highest BCUT2D eigenvalue weighted by Gasteiger charge is 2.20. The zero-order chi connectivity index (χ0) is 46.9. The average Bonchev–Trinajstić information content (AvgIpc) is 3.25. The predicted octanol–water partition coefficient (Wildman–Crippen LogP) is 16.5. The molecule has 0 aliphatic heterocycles. The number of unbranched alkanes of at least 4 members (excludes halogenated alkanes) is 34. The van der Waals surface area contributed by atoms with Crippen molar-refractivity contribution in [2.75, 3.05) is 54.1 Å². The highest BCUT2D eigenvalue weighted by Crippen LogP contribution is 2.38. The Balaban J connectivity index is 4.08. The van der Waals surface area contributed by atoms with Gasteiger partial charge in [0.25, 0.3) is 7.82 Å². The van der Waals surface area contributed by atoms with Crippen molar-refractivity contribution in [1.29, 1.82) is 0 Å². The van der Waals surface area contributed by atoms with Crippen LogP contribution in [0.5, 0.6) is 0 Å². The van der Waals surface area contributed by atoms with E-state index in [1.165, 1.54) is 205 Å². The van der Waals surface area contributed by atoms with Crippen LogP contribution in [-0.2, 0) is 27.9 Å². The third-order valence-electron chi connectivity index (χ3n) is 12.3. The maximum Gasteiger partial charge on any atom is 0.306 e. The maximum atomic E-state index is 12.8. The van der Waals surface area contributed by atoms with E-state index >= 15 is 0 Å². The molecular weight excluding hydrogens is 818 g/mol. The van der Waals surface area contributed by atoms with E-state index in [1.807, 2.05) is 21.1 Å². The molecule has 0 aliphatic rings. The van der Waals surface area contributed by atoms with Crippen LogP contribution < -0.4 is 4.89 Å². The fourth-order valence-electron chi connectivity index (χ4n) is 7.99. The summed E-state index contributed by atoms with van der Waals surface area (Å²) in [5.41, 5.74) is 0. The summed E-state index contributed by atoms with van der Waals surface area (Å²) < 4.78 is 34.8. The summed E-state index contributed by atoms with van der Waals surface area (Å²) in [5.74, 6) is -0.333. The number of hydrogen-bond acceptors (Lipinski definition) is 7. The van der Waals surface area contributed by atoms with Gasteiger partial charge in [0.2, 0.25) is 0 Å². The molecule has 0 fully saturated rings. The fourth-order valence-corrected chi connectivity index (χ4v) is 8.72. The quantitative estimate of drug-likeness (QED) is 0.0197. The average molecular weight is 926 g/mol. The van der Waals surface area contributed by atoms with Crippen molar-refractivity contribution in [3.05, 3.63) is 24.3 Å². The zero-order valence-corrected chi connectivity index (χ0v) is 44.1. The Hall–Kier alpha value is -1.02. The largest absolute Gasteiger partial charge is 0.756 e. The summed E-state index contributed by atoms with van der Waals surface area (Å²) in [5, 5.41) is 0. The molecule has 0 spiro atoms. The molecule has 0 aromatic rings. The van der Waals surface area contributed by atoms with Crippen molar-refractivity contribution in [3.63, 3.8) is 0 Å². The van der Waals surface area contributed by atoms with Crippen LogP contribution in [0.25, 0.3) is 0 Å². The predicted molar refractivity (Wildman–Crippen MR) is 273 cm³/mol. The fraction of sp³-hybridized carbons (Fsp3) is 0.909. The molecule has 0 N–H and O–H groups in total. The lowest BCUT2D eigenvalue weighted by atomic mass is 10.0. The summed E-state index contributed by atoms with van der Waals surface area (Å²) in [7, 11) is 1.37. The van der Waals surface area contributed by atoms with E-state index in [9.17, 15) is 14.3 Å². The molecule has 2 atom stereocenters. The Morgan fingerprint density at radius 1 is 0.484 bits per heavy atom. The second-order valence-electron chi connectivity index (χ2n) is 20.0. The SMILES string of the molecule is CCCCCCC/C=C\C/C=C\CCCCCCCCCCCC(=O)OC(COCCCCCCCCCCCCCCCCCCCCCCC)COP(=O)([O-])OCC[N+](C)(C)C. The number of allylic oxidation sites excluding steroid dienone is 4. The molecule has 64 heavy (non-hydrogen) atoms. The molecule has 0 radical (unpaired) electrons. The van der Waals surface area contributed by atoms with Gasteiger partial charge in [-0.3, -0.25) is 9.36 Å². The van der Waals surface area contributed by atoms with Crippen molar-refractivity contribution in [2.45, 2.75) is 270 Å². The van der Waals surface area contributed by atoms with Crippen LogP contribution in [0.1, 0.15) is 264 Å². The molecule has 0 amide bonds. The van der Waals surface area contributed by atoms with E-state index in [4.69, 9.17) is 18.5 Å². The monoisotopic (exact) mass is 926 g/mol. The van der Waals surface area contributed by atoms with Gasteiger partial charge in [-0.25, -0.2) is 0 Å². The maximum absolute atomic E-state index is 12.8. The molecule has 380 valence electrons. The van der Waals surface area contributed by atoms with E-state index in [-0.39, 0.29) is 25.8 Å². The molecule has 8 nitrogen and oxygen atoms in total. The minimum absolute atomic E-state index is 0.0277. The van der Waals surface area contributed by atoms with Crippen molar-refractivity contribution in [1.82, 2.24) is 0 Å². The van der Waals surface area contributed by atoms with Gasteiger partial charge in [0.15, 0.2) is 0 Å². The third kappa shape index (κ3) is 52.0. The second kappa shape index (κ2) is 48.4. The minimum Gasteiger partial charge on any atom is -0.756 e. The molecule has 0 aromatic heterocycles. The highest BCUT2D eigenvalue weighted by atomic mass is 31.2. The van der Waals surface area contributed by atoms with Crippen LogP contribution in [-0.4, -0.2) is 70.7 Å². The number of phosphoric ester groups is 1. The first-order valence-corrected chi connectivity index (χ1v) is 29.0. The molecule has 0 saturated heterocycles. The van der Waals surface area contributed by atoms with Gasteiger partial charge in [0.1, 0.15) is 19.3 Å². The number of nitrogens with zero attached hydrogens (tertiary/aromatic N) is 1. The molecule has 0 rings (SSSR count). The molecule has 0 bridgehead atoms. The standard InChI is InChI=1S/C55H108NO7P/c1-6-8-10-12-14-16-18-20-22-24-26-28-30-32-34-36-38-40-42-44-46-48-55(57)63-54(53-62-64(58,59)61-51-49-56(3,4)5)52-60-50-47-45-43-41-39-37-35-33-31-29-27-25-23-21-19-17-15-13-11-9-7-2/h18,20,24,26,54H,6-17,19,21-23,25,27-53H2,1-5H3/b20-18-,26-24-. The third-order valence-corrected chi connectivity index (χ3v) is 13.2. The van der Waals surface area contributed by atoms with Gasteiger partial charge >= 0.3 is 5.97 Å². The molecule has 2 unspecified atom stereocenters. The van der Waals surface area contributed by atoms with Crippen molar-refractivity contribution in [3.8, 4) is 0 Å². The molecule has 0 aliphatic carbocycles. The van der Waals surface area contributed by atoms with Crippen molar-refractivity contribution in [2.24, 2.45) is 0 Å². The summed E-state index contributed by atoms with van der Waals surface area (Å²) in [6, 6.07) is 0. The normalized spacial score (nSPS) is 13.7. The van der Waals surface area contributed by atoms with Crippen LogP contribution in [0, 0.1) is 0 Å². The van der Waals surface area contributed by atoms with Crippen molar-refractivity contribution < 1.29 is 37.3 Å². The van der Waals surface area contributed by atoms with Crippen molar-refractivity contribution >= 4 is 13.8 Å².